The van der Waals surface area contributed by atoms with E-state index < -0.39 is 10.0 Å². The maximum Gasteiger partial charge on any atom is 0.243 e. The molecule has 2 aliphatic rings. The number of ether oxygens (including phenoxy) is 2. The molecule has 1 fully saturated rings. The smallest absolute Gasteiger partial charge is 0.243 e. The molecule has 0 saturated carbocycles. The molecule has 0 amide bonds. The standard InChI is InChI=1S/C18H23N3O4S/c1-14-19-7-11-20(14)8-4-15-5-9-21(10-6-15)26(22,23)16-2-3-17-18(12-16)25-13-24-17/h2-3,7,11-12,15H,4-6,8-10,13H2,1H3. The van der Waals surface area contributed by atoms with Crippen molar-refractivity contribution in [3.05, 3.63) is 36.4 Å². The zero-order chi connectivity index (χ0) is 18.1. The van der Waals surface area contributed by atoms with Crippen LogP contribution in [0.3, 0.4) is 0 Å². The molecule has 0 spiro atoms. The normalized spacial score (nSPS) is 18.3. The fourth-order valence-corrected chi connectivity index (χ4v) is 5.07. The molecule has 0 atom stereocenters. The van der Waals surface area contributed by atoms with Gasteiger partial charge in [-0.3, -0.25) is 0 Å². The molecule has 0 aliphatic carbocycles. The Morgan fingerprint density at radius 1 is 1.19 bits per heavy atom. The average Bonchev–Trinajstić information content (AvgIpc) is 3.28. The fraction of sp³-hybridized carbons (Fsp3) is 0.500. The number of hydrogen-bond acceptors (Lipinski definition) is 5. The Hall–Kier alpha value is -2.06. The topological polar surface area (TPSA) is 73.7 Å². The van der Waals surface area contributed by atoms with E-state index in [1.165, 1.54) is 0 Å². The van der Waals surface area contributed by atoms with Gasteiger partial charge >= 0.3 is 0 Å². The second kappa shape index (κ2) is 6.92. The molecule has 8 heteroatoms. The van der Waals surface area contributed by atoms with Gasteiger partial charge in [-0.05, 0) is 44.2 Å². The zero-order valence-corrected chi connectivity index (χ0v) is 15.6. The van der Waals surface area contributed by atoms with Gasteiger partial charge in [0.25, 0.3) is 0 Å². The van der Waals surface area contributed by atoms with Crippen LogP contribution < -0.4 is 9.47 Å². The van der Waals surface area contributed by atoms with Crippen molar-refractivity contribution in [2.24, 2.45) is 5.92 Å². The highest BCUT2D eigenvalue weighted by atomic mass is 32.2. The number of aryl methyl sites for hydroxylation is 2. The summed E-state index contributed by atoms with van der Waals surface area (Å²) in [6, 6.07) is 4.82. The van der Waals surface area contributed by atoms with Crippen molar-refractivity contribution in [1.29, 1.82) is 0 Å². The molecule has 1 aromatic carbocycles. The van der Waals surface area contributed by atoms with Crippen molar-refractivity contribution in [2.45, 2.75) is 37.6 Å². The van der Waals surface area contributed by atoms with Crippen LogP contribution in [0.15, 0.2) is 35.5 Å². The van der Waals surface area contributed by atoms with Crippen LogP contribution in [0.4, 0.5) is 0 Å². The van der Waals surface area contributed by atoms with Crippen molar-refractivity contribution in [3.8, 4) is 11.5 Å². The van der Waals surface area contributed by atoms with Gasteiger partial charge in [-0.2, -0.15) is 4.31 Å². The third-order valence-electron chi connectivity index (χ3n) is 5.26. The van der Waals surface area contributed by atoms with E-state index in [9.17, 15) is 8.42 Å². The second-order valence-corrected chi connectivity index (χ2v) is 8.76. The molecule has 4 rings (SSSR count). The number of imidazole rings is 1. The number of aromatic nitrogens is 2. The molecular formula is C18H23N3O4S. The van der Waals surface area contributed by atoms with E-state index in [-0.39, 0.29) is 11.7 Å². The van der Waals surface area contributed by atoms with Crippen LogP contribution in [0.1, 0.15) is 25.1 Å². The van der Waals surface area contributed by atoms with E-state index in [2.05, 4.69) is 9.55 Å². The van der Waals surface area contributed by atoms with Crippen LogP contribution in [-0.2, 0) is 16.6 Å². The zero-order valence-electron chi connectivity index (χ0n) is 14.8. The monoisotopic (exact) mass is 377 g/mol. The highest BCUT2D eigenvalue weighted by Gasteiger charge is 2.30. The summed E-state index contributed by atoms with van der Waals surface area (Å²) in [6.07, 6.45) is 6.63. The van der Waals surface area contributed by atoms with E-state index in [1.807, 2.05) is 19.3 Å². The Balaban J connectivity index is 1.37. The lowest BCUT2D eigenvalue weighted by Crippen LogP contribution is -2.38. The molecule has 3 heterocycles. The molecular weight excluding hydrogens is 354 g/mol. The fourth-order valence-electron chi connectivity index (χ4n) is 3.59. The lowest BCUT2D eigenvalue weighted by Gasteiger charge is -2.31. The van der Waals surface area contributed by atoms with Gasteiger partial charge in [0.1, 0.15) is 5.82 Å². The number of sulfonamides is 1. The van der Waals surface area contributed by atoms with E-state index in [0.29, 0.717) is 30.5 Å². The molecule has 26 heavy (non-hydrogen) atoms. The van der Waals surface area contributed by atoms with Gasteiger partial charge in [-0.1, -0.05) is 0 Å². The minimum Gasteiger partial charge on any atom is -0.454 e. The molecule has 0 N–H and O–H groups in total. The number of fused-ring (bicyclic) bond motifs is 1. The van der Waals surface area contributed by atoms with Crippen LogP contribution in [0.2, 0.25) is 0 Å². The Bertz CT molecular complexity index is 886. The minimum atomic E-state index is -3.49. The molecule has 140 valence electrons. The molecule has 0 bridgehead atoms. The molecule has 0 unspecified atom stereocenters. The molecule has 0 radical (unpaired) electrons. The molecule has 1 aromatic heterocycles. The van der Waals surface area contributed by atoms with Gasteiger partial charge < -0.3 is 14.0 Å². The Kier molecular flexibility index (Phi) is 4.62. The summed E-state index contributed by atoms with van der Waals surface area (Å²) in [5, 5.41) is 0. The summed E-state index contributed by atoms with van der Waals surface area (Å²) in [5.41, 5.74) is 0. The highest BCUT2D eigenvalue weighted by Crippen LogP contribution is 2.35. The average molecular weight is 377 g/mol. The van der Waals surface area contributed by atoms with Gasteiger partial charge in [0.05, 0.1) is 4.90 Å². The quantitative estimate of drug-likeness (QED) is 0.800. The number of nitrogens with zero attached hydrogens (tertiary/aromatic N) is 3. The molecule has 1 saturated heterocycles. The number of hydrogen-bond donors (Lipinski definition) is 0. The van der Waals surface area contributed by atoms with Gasteiger partial charge in [-0.25, -0.2) is 13.4 Å². The van der Waals surface area contributed by atoms with Gasteiger partial charge in [0.2, 0.25) is 16.8 Å². The number of benzene rings is 1. The summed E-state index contributed by atoms with van der Waals surface area (Å²) in [5.74, 6) is 2.65. The third-order valence-corrected chi connectivity index (χ3v) is 7.15. The van der Waals surface area contributed by atoms with E-state index in [4.69, 9.17) is 9.47 Å². The predicted molar refractivity (Wildman–Crippen MR) is 95.6 cm³/mol. The van der Waals surface area contributed by atoms with Crippen molar-refractivity contribution < 1.29 is 17.9 Å². The van der Waals surface area contributed by atoms with Gasteiger partial charge in [0.15, 0.2) is 11.5 Å². The maximum atomic E-state index is 12.9. The first kappa shape index (κ1) is 17.4. The minimum absolute atomic E-state index is 0.140. The van der Waals surface area contributed by atoms with Crippen molar-refractivity contribution in [3.63, 3.8) is 0 Å². The Labute approximate surface area is 153 Å². The predicted octanol–water partition coefficient (Wildman–Crippen LogP) is 2.41. The first-order valence-corrected chi connectivity index (χ1v) is 10.4. The molecule has 7 nitrogen and oxygen atoms in total. The number of rotatable bonds is 5. The highest BCUT2D eigenvalue weighted by molar-refractivity contribution is 7.89. The van der Waals surface area contributed by atoms with E-state index in [0.717, 1.165) is 31.6 Å². The first-order chi connectivity index (χ1) is 12.5. The van der Waals surface area contributed by atoms with Crippen LogP contribution in [0.25, 0.3) is 0 Å². The lowest BCUT2D eigenvalue weighted by atomic mass is 9.95. The molecule has 2 aliphatic heterocycles. The van der Waals surface area contributed by atoms with Gasteiger partial charge in [-0.15, -0.1) is 0 Å². The molecule has 2 aromatic rings. The lowest BCUT2D eigenvalue weighted by molar-refractivity contribution is 0.174. The van der Waals surface area contributed by atoms with Crippen molar-refractivity contribution in [1.82, 2.24) is 13.9 Å². The summed E-state index contributed by atoms with van der Waals surface area (Å²) >= 11 is 0. The largest absolute Gasteiger partial charge is 0.454 e. The third kappa shape index (κ3) is 3.31. The van der Waals surface area contributed by atoms with Crippen LogP contribution >= 0.6 is 0 Å². The summed E-state index contributed by atoms with van der Waals surface area (Å²) in [7, 11) is -3.49. The Morgan fingerprint density at radius 2 is 1.96 bits per heavy atom. The van der Waals surface area contributed by atoms with Crippen LogP contribution in [-0.4, -0.2) is 42.2 Å². The van der Waals surface area contributed by atoms with Crippen LogP contribution in [0.5, 0.6) is 11.5 Å². The van der Waals surface area contributed by atoms with Crippen molar-refractivity contribution in [2.75, 3.05) is 19.9 Å². The SMILES string of the molecule is Cc1nccn1CCC1CCN(S(=O)(=O)c2ccc3c(c2)OCO3)CC1. The number of piperidine rings is 1. The summed E-state index contributed by atoms with van der Waals surface area (Å²) < 4.78 is 40.1. The summed E-state index contributed by atoms with van der Waals surface area (Å²) in [6.45, 7) is 4.20. The second-order valence-electron chi connectivity index (χ2n) is 6.82. The van der Waals surface area contributed by atoms with Gasteiger partial charge in [0, 0.05) is 38.1 Å². The van der Waals surface area contributed by atoms with E-state index in [1.54, 1.807) is 22.5 Å². The van der Waals surface area contributed by atoms with Crippen molar-refractivity contribution >= 4 is 10.0 Å². The van der Waals surface area contributed by atoms with Crippen LogP contribution in [0, 0.1) is 12.8 Å². The van der Waals surface area contributed by atoms with E-state index >= 15 is 0 Å². The Morgan fingerprint density at radius 3 is 2.69 bits per heavy atom. The maximum absolute atomic E-state index is 12.9. The first-order valence-electron chi connectivity index (χ1n) is 8.91. The summed E-state index contributed by atoms with van der Waals surface area (Å²) in [4.78, 5) is 4.51.